The van der Waals surface area contributed by atoms with Crippen LogP contribution in [0.25, 0.3) is 0 Å². The van der Waals surface area contributed by atoms with E-state index >= 15 is 0 Å². The number of halogens is 1. The van der Waals surface area contributed by atoms with Crippen LogP contribution in [-0.4, -0.2) is 58.1 Å². The maximum Gasteiger partial charge on any atom is 0.119 e. The highest BCUT2D eigenvalue weighted by Gasteiger charge is 2.43. The van der Waals surface area contributed by atoms with Gasteiger partial charge in [0.1, 0.15) is 36.3 Å². The van der Waals surface area contributed by atoms with E-state index in [1.54, 1.807) is 12.1 Å². The number of hydrogen-bond donors (Lipinski definition) is 4. The van der Waals surface area contributed by atoms with Crippen LogP contribution in [0.4, 0.5) is 0 Å². The normalized spacial score (nSPS) is 27.6. The molecule has 2 aromatic rings. The molecule has 7 heteroatoms. The van der Waals surface area contributed by atoms with Crippen LogP contribution < -0.4 is 4.74 Å². The van der Waals surface area contributed by atoms with Crippen molar-refractivity contribution in [3.05, 3.63) is 64.2 Å². The highest BCUT2D eigenvalue weighted by atomic mass is 35.5. The molecule has 0 radical (unpaired) electrons. The Morgan fingerprint density at radius 1 is 1.00 bits per heavy atom. The molecule has 5 atom stereocenters. The van der Waals surface area contributed by atoms with Crippen LogP contribution in [0.3, 0.4) is 0 Å². The first-order chi connectivity index (χ1) is 13.4. The van der Waals surface area contributed by atoms with Gasteiger partial charge in [0.15, 0.2) is 0 Å². The fraction of sp³-hybridized carbons (Fsp3) is 0.429. The number of aliphatic hydroxyl groups is 4. The molecule has 152 valence electrons. The van der Waals surface area contributed by atoms with Crippen LogP contribution in [0, 0.1) is 0 Å². The predicted octanol–water partition coefficient (Wildman–Crippen LogP) is 1.84. The molecule has 28 heavy (non-hydrogen) atoms. The topological polar surface area (TPSA) is 99.4 Å². The van der Waals surface area contributed by atoms with Gasteiger partial charge in [0.2, 0.25) is 0 Å². The van der Waals surface area contributed by atoms with Gasteiger partial charge in [-0.05, 0) is 48.2 Å². The number of hydrogen-bond acceptors (Lipinski definition) is 6. The second-order valence-corrected chi connectivity index (χ2v) is 7.26. The van der Waals surface area contributed by atoms with E-state index in [-0.39, 0.29) is 0 Å². The summed E-state index contributed by atoms with van der Waals surface area (Å²) in [5, 5.41) is 40.3. The van der Waals surface area contributed by atoms with Crippen molar-refractivity contribution in [2.45, 2.75) is 43.9 Å². The minimum Gasteiger partial charge on any atom is -0.494 e. The largest absolute Gasteiger partial charge is 0.494 e. The summed E-state index contributed by atoms with van der Waals surface area (Å²) >= 11 is 6.35. The van der Waals surface area contributed by atoms with Gasteiger partial charge in [0.25, 0.3) is 0 Å². The van der Waals surface area contributed by atoms with Gasteiger partial charge < -0.3 is 29.9 Å². The van der Waals surface area contributed by atoms with Gasteiger partial charge in [-0.3, -0.25) is 0 Å². The van der Waals surface area contributed by atoms with Crippen molar-refractivity contribution in [1.29, 1.82) is 0 Å². The minimum absolute atomic E-state index is 0.464. The Bertz CT molecular complexity index is 779. The van der Waals surface area contributed by atoms with E-state index in [4.69, 9.17) is 21.1 Å². The Morgan fingerprint density at radius 2 is 1.71 bits per heavy atom. The second-order valence-electron chi connectivity index (χ2n) is 6.85. The van der Waals surface area contributed by atoms with Crippen molar-refractivity contribution in [2.24, 2.45) is 0 Å². The van der Waals surface area contributed by atoms with Gasteiger partial charge >= 0.3 is 0 Å². The maximum atomic E-state index is 10.3. The molecule has 4 N–H and O–H groups in total. The van der Waals surface area contributed by atoms with Gasteiger partial charge in [0, 0.05) is 5.02 Å². The molecule has 0 bridgehead atoms. The van der Waals surface area contributed by atoms with Crippen LogP contribution in [0.5, 0.6) is 5.75 Å². The molecule has 2 aromatic carbocycles. The Morgan fingerprint density at radius 3 is 2.36 bits per heavy atom. The molecule has 0 aliphatic carbocycles. The lowest BCUT2D eigenvalue weighted by Gasteiger charge is -2.40. The summed E-state index contributed by atoms with van der Waals surface area (Å²) in [7, 11) is 0. The average Bonchev–Trinajstić information content (AvgIpc) is 2.70. The Kier molecular flexibility index (Phi) is 6.93. The van der Waals surface area contributed by atoms with E-state index in [1.165, 1.54) is 0 Å². The first-order valence-corrected chi connectivity index (χ1v) is 9.63. The summed E-state index contributed by atoms with van der Waals surface area (Å²) in [6.07, 6.45) is -5.39. The van der Waals surface area contributed by atoms with E-state index < -0.39 is 37.1 Å². The second kappa shape index (κ2) is 9.22. The molecule has 1 fully saturated rings. The third kappa shape index (κ3) is 4.49. The van der Waals surface area contributed by atoms with Crippen molar-refractivity contribution < 1.29 is 29.9 Å². The maximum absolute atomic E-state index is 10.3. The molecule has 0 spiro atoms. The van der Waals surface area contributed by atoms with Crippen molar-refractivity contribution in [3.8, 4) is 5.75 Å². The zero-order valence-electron chi connectivity index (χ0n) is 15.5. The minimum atomic E-state index is -1.42. The highest BCUT2D eigenvalue weighted by Crippen LogP contribution is 2.34. The molecule has 1 heterocycles. The fourth-order valence-corrected chi connectivity index (χ4v) is 3.56. The van der Waals surface area contributed by atoms with Gasteiger partial charge in [-0.25, -0.2) is 0 Å². The summed E-state index contributed by atoms with van der Waals surface area (Å²) in [6.45, 7) is 2.07. The van der Waals surface area contributed by atoms with Crippen LogP contribution in [0.15, 0.2) is 42.5 Å². The van der Waals surface area contributed by atoms with E-state index in [1.807, 2.05) is 37.3 Å². The van der Waals surface area contributed by atoms with E-state index in [0.29, 0.717) is 23.6 Å². The third-order valence-electron chi connectivity index (χ3n) is 4.92. The zero-order valence-corrected chi connectivity index (χ0v) is 16.3. The van der Waals surface area contributed by atoms with Crippen molar-refractivity contribution >= 4 is 11.6 Å². The number of ether oxygens (including phenoxy) is 2. The summed E-state index contributed by atoms with van der Waals surface area (Å²) in [4.78, 5) is 0. The Labute approximate surface area is 168 Å². The van der Waals surface area contributed by atoms with Crippen LogP contribution in [0.2, 0.25) is 5.02 Å². The molecule has 0 amide bonds. The van der Waals surface area contributed by atoms with Crippen LogP contribution in [0.1, 0.15) is 29.7 Å². The quantitative estimate of drug-likeness (QED) is 0.538. The SMILES string of the molecule is CCOc1ccc(Cc2cc([13C@@H]3O[13C@H]([13CH2]O)[13C@@H](O)[13C@H](O)[13C@H]3O)ccc2Cl)cc1. The van der Waals surface area contributed by atoms with Crippen LogP contribution in [-0.2, 0) is 11.2 Å². The molecule has 1 aliphatic heterocycles. The van der Waals surface area contributed by atoms with Gasteiger partial charge in [-0.1, -0.05) is 35.9 Å². The monoisotopic (exact) mass is 414 g/mol. The summed E-state index contributed by atoms with van der Waals surface area (Å²) in [5.41, 5.74) is 2.49. The average molecular weight is 415 g/mol. The molecule has 6 nitrogen and oxygen atoms in total. The fourth-order valence-electron chi connectivity index (χ4n) is 3.37. The lowest BCUT2D eigenvalue weighted by Crippen LogP contribution is -2.55. The first kappa shape index (κ1) is 21.0. The molecule has 0 aromatic heterocycles. The van der Waals surface area contributed by atoms with Gasteiger partial charge in [0.05, 0.1) is 13.2 Å². The highest BCUT2D eigenvalue weighted by molar-refractivity contribution is 6.31. The van der Waals surface area contributed by atoms with Crippen molar-refractivity contribution in [1.82, 2.24) is 0 Å². The van der Waals surface area contributed by atoms with Crippen LogP contribution >= 0.6 is 11.6 Å². The number of benzene rings is 2. The van der Waals surface area contributed by atoms with E-state index in [2.05, 4.69) is 0 Å². The lowest BCUT2D eigenvalue weighted by atomic mass is 10.0. The molecule has 3 rings (SSSR count). The van der Waals surface area contributed by atoms with E-state index in [0.717, 1.165) is 16.9 Å². The van der Waals surface area contributed by atoms with E-state index in [9.17, 15) is 20.4 Å². The molecule has 1 aliphatic rings. The summed E-state index contributed by atoms with van der Waals surface area (Å²) in [5.74, 6) is 0.799. The number of rotatable bonds is 6. The van der Waals surface area contributed by atoms with Gasteiger partial charge in [-0.2, -0.15) is 0 Å². The number of aliphatic hydroxyl groups excluding tert-OH is 4. The van der Waals surface area contributed by atoms with Crippen molar-refractivity contribution in [2.75, 3.05) is 13.2 Å². The zero-order chi connectivity index (χ0) is 20.3. The molecule has 1 saturated heterocycles. The van der Waals surface area contributed by atoms with Crippen molar-refractivity contribution in [3.63, 3.8) is 0 Å². The summed E-state index contributed by atoms with van der Waals surface area (Å²) in [6, 6.07) is 12.9. The summed E-state index contributed by atoms with van der Waals surface area (Å²) < 4.78 is 11.1. The lowest BCUT2D eigenvalue weighted by molar-refractivity contribution is -0.231. The predicted molar refractivity (Wildman–Crippen MR) is 105 cm³/mol. The van der Waals surface area contributed by atoms with Gasteiger partial charge in [-0.15, -0.1) is 0 Å². The standard InChI is InChI=1S/C21H25ClO6/c1-2-27-15-6-3-12(4-7-15)9-14-10-13(5-8-16(14)22)21-20(26)19(25)18(24)17(11-23)28-21/h3-8,10,17-21,23-26H,2,9,11H2,1H3/t17-,18-,19+,20-,21+/m1/s1/i11+1,17+1,18+1,19+1,20+1,21+1. The molecule has 0 saturated carbocycles. The first-order valence-electron chi connectivity index (χ1n) is 9.25. The molecule has 0 unspecified atom stereocenters. The Hall–Kier alpha value is -1.67. The Balaban J connectivity index is 1.82. The smallest absolute Gasteiger partial charge is 0.119 e. The molecular formula is C21H25ClO6. The third-order valence-corrected chi connectivity index (χ3v) is 5.29. The molecular weight excluding hydrogens is 390 g/mol.